The molecule has 1 heterocycles. The number of amides is 2. The van der Waals surface area contributed by atoms with E-state index in [0.29, 0.717) is 13.1 Å². The number of rotatable bonds is 7. The molecule has 0 aliphatic heterocycles. The Morgan fingerprint density at radius 2 is 2.21 bits per heavy atom. The minimum absolute atomic E-state index is 0.147. The quantitative estimate of drug-likeness (QED) is 0.300. The molecule has 1 aromatic heterocycles. The molecule has 0 aromatic carbocycles. The van der Waals surface area contributed by atoms with Crippen molar-refractivity contribution in [2.24, 2.45) is 11.6 Å². The maximum absolute atomic E-state index is 11.2. The first kappa shape index (κ1) is 15.1. The fraction of sp³-hybridized carbons (Fsp3) is 0.600. The molecule has 0 aliphatic rings. The third-order valence-electron chi connectivity index (χ3n) is 2.61. The van der Waals surface area contributed by atoms with Crippen LogP contribution in [0, 0.1) is 0 Å². The zero-order valence-corrected chi connectivity index (χ0v) is 11.0. The molecule has 0 radical (unpaired) electrons. The molecular formula is C10H19N7O2. The van der Waals surface area contributed by atoms with E-state index < -0.39 is 5.91 Å². The van der Waals surface area contributed by atoms with Crippen molar-refractivity contribution in [1.82, 2.24) is 25.3 Å². The molecule has 0 aliphatic carbocycles. The van der Waals surface area contributed by atoms with Crippen LogP contribution >= 0.6 is 0 Å². The molecule has 1 aromatic rings. The molecule has 5 N–H and O–H groups in total. The van der Waals surface area contributed by atoms with Gasteiger partial charge in [-0.25, -0.2) is 5.84 Å². The molecule has 0 atom stereocenters. The van der Waals surface area contributed by atoms with Crippen molar-refractivity contribution in [2.75, 3.05) is 13.1 Å². The van der Waals surface area contributed by atoms with Crippen molar-refractivity contribution in [2.45, 2.75) is 26.4 Å². The molecule has 9 nitrogen and oxygen atoms in total. The van der Waals surface area contributed by atoms with Gasteiger partial charge in [0, 0.05) is 12.6 Å². The molecule has 0 saturated heterocycles. The van der Waals surface area contributed by atoms with E-state index in [-0.39, 0.29) is 24.2 Å². The number of nitrogens with one attached hydrogen (secondary N) is 1. The predicted molar refractivity (Wildman–Crippen MR) is 67.6 cm³/mol. The first-order valence-electron chi connectivity index (χ1n) is 5.87. The van der Waals surface area contributed by atoms with Crippen LogP contribution in [0.5, 0.6) is 0 Å². The summed E-state index contributed by atoms with van der Waals surface area (Å²) in [5.74, 6) is 4.12. The lowest BCUT2D eigenvalue weighted by Gasteiger charge is -2.24. The first-order chi connectivity index (χ1) is 8.93. The number of hydrogen-bond acceptors (Lipinski definition) is 6. The largest absolute Gasteiger partial charge is 0.369 e. The number of primary amides is 1. The number of aromatic nitrogens is 3. The third kappa shape index (κ3) is 4.64. The molecule has 0 unspecified atom stereocenters. The summed E-state index contributed by atoms with van der Waals surface area (Å²) in [4.78, 5) is 24.0. The smallest absolute Gasteiger partial charge is 0.287 e. The van der Waals surface area contributed by atoms with Crippen LogP contribution < -0.4 is 17.0 Å². The van der Waals surface area contributed by atoms with E-state index >= 15 is 0 Å². The van der Waals surface area contributed by atoms with Gasteiger partial charge in [-0.2, -0.15) is 0 Å². The van der Waals surface area contributed by atoms with Crippen LogP contribution in [0.15, 0.2) is 6.20 Å². The Morgan fingerprint density at radius 3 is 2.74 bits per heavy atom. The highest BCUT2D eigenvalue weighted by atomic mass is 16.2. The van der Waals surface area contributed by atoms with Crippen molar-refractivity contribution in [1.29, 1.82) is 0 Å². The van der Waals surface area contributed by atoms with Gasteiger partial charge in [0.25, 0.3) is 5.91 Å². The van der Waals surface area contributed by atoms with E-state index in [9.17, 15) is 9.59 Å². The second kappa shape index (κ2) is 6.81. The highest BCUT2D eigenvalue weighted by Gasteiger charge is 2.13. The lowest BCUT2D eigenvalue weighted by atomic mass is 10.3. The van der Waals surface area contributed by atoms with E-state index in [1.807, 2.05) is 24.2 Å². The summed E-state index contributed by atoms with van der Waals surface area (Å²) in [6, 6.07) is 0.183. The molecule has 1 rings (SSSR count). The summed E-state index contributed by atoms with van der Waals surface area (Å²) in [5.41, 5.74) is 7.30. The Hall–Kier alpha value is -2.00. The lowest BCUT2D eigenvalue weighted by Crippen LogP contribution is -2.40. The van der Waals surface area contributed by atoms with E-state index in [1.54, 1.807) is 0 Å². The Morgan fingerprint density at radius 1 is 1.53 bits per heavy atom. The van der Waals surface area contributed by atoms with Crippen LogP contribution in [0.2, 0.25) is 0 Å². The van der Waals surface area contributed by atoms with Crippen LogP contribution in [-0.4, -0.2) is 50.8 Å². The summed E-state index contributed by atoms with van der Waals surface area (Å²) < 4.78 is 1.51. The van der Waals surface area contributed by atoms with Crippen LogP contribution in [0.4, 0.5) is 0 Å². The van der Waals surface area contributed by atoms with Gasteiger partial charge in [0.2, 0.25) is 5.91 Å². The zero-order valence-electron chi connectivity index (χ0n) is 11.0. The van der Waals surface area contributed by atoms with Gasteiger partial charge in [0.05, 0.1) is 19.3 Å². The molecule has 0 fully saturated rings. The molecular weight excluding hydrogens is 250 g/mol. The molecule has 0 saturated carbocycles. The number of nitrogens with zero attached hydrogens (tertiary/aromatic N) is 4. The average Bonchev–Trinajstić information content (AvgIpc) is 2.81. The van der Waals surface area contributed by atoms with Gasteiger partial charge in [0.15, 0.2) is 5.69 Å². The number of nitrogen functional groups attached to an aromatic ring is 1. The number of hydrazine groups is 1. The van der Waals surface area contributed by atoms with Crippen molar-refractivity contribution in [3.05, 3.63) is 11.9 Å². The maximum Gasteiger partial charge on any atom is 0.287 e. The summed E-state index contributed by atoms with van der Waals surface area (Å²) in [6.45, 7) is 5.20. The third-order valence-corrected chi connectivity index (χ3v) is 2.61. The van der Waals surface area contributed by atoms with Gasteiger partial charge in [-0.3, -0.25) is 24.6 Å². The summed E-state index contributed by atoms with van der Waals surface area (Å²) in [6.07, 6.45) is 1.49. The molecule has 106 valence electrons. The van der Waals surface area contributed by atoms with Crippen LogP contribution in [0.1, 0.15) is 24.3 Å². The Balaban J connectivity index is 2.57. The van der Waals surface area contributed by atoms with E-state index in [1.165, 1.54) is 10.9 Å². The normalized spacial score (nSPS) is 11.0. The van der Waals surface area contributed by atoms with Crippen LogP contribution in [0.3, 0.4) is 0 Å². The zero-order chi connectivity index (χ0) is 14.4. The first-order valence-corrected chi connectivity index (χ1v) is 5.87. The molecule has 2 amide bonds. The van der Waals surface area contributed by atoms with E-state index in [0.717, 1.165) is 0 Å². The number of carbonyl (C=O) groups excluding carboxylic acids is 2. The standard InChI is InChI=1S/C10H19N7O2/c1-7(2)16(6-9(11)18)3-4-17-5-8(14-15-17)10(19)13-12/h5,7H,3-4,6,12H2,1-2H3,(H2,11,18)(H,13,19). The number of hydrogen-bond donors (Lipinski definition) is 3. The SMILES string of the molecule is CC(C)N(CCn1cc(C(=O)NN)nn1)CC(N)=O. The van der Waals surface area contributed by atoms with Crippen molar-refractivity contribution in [3.63, 3.8) is 0 Å². The van der Waals surface area contributed by atoms with Gasteiger partial charge in [0.1, 0.15) is 0 Å². The minimum Gasteiger partial charge on any atom is -0.369 e. The second-order valence-electron chi connectivity index (χ2n) is 4.37. The number of carbonyl (C=O) groups is 2. The highest BCUT2D eigenvalue weighted by molar-refractivity contribution is 5.91. The van der Waals surface area contributed by atoms with Gasteiger partial charge in [-0.15, -0.1) is 5.10 Å². The Kier molecular flexibility index (Phi) is 5.39. The average molecular weight is 269 g/mol. The fourth-order valence-corrected chi connectivity index (χ4v) is 1.54. The molecule has 19 heavy (non-hydrogen) atoms. The predicted octanol–water partition coefficient (Wildman–Crippen LogP) is -1.92. The van der Waals surface area contributed by atoms with Crippen LogP contribution in [0.25, 0.3) is 0 Å². The Labute approximate surface area is 110 Å². The molecule has 0 bridgehead atoms. The minimum atomic E-state index is -0.496. The van der Waals surface area contributed by atoms with Crippen molar-refractivity contribution < 1.29 is 9.59 Å². The van der Waals surface area contributed by atoms with E-state index in [4.69, 9.17) is 11.6 Å². The van der Waals surface area contributed by atoms with Gasteiger partial charge >= 0.3 is 0 Å². The summed E-state index contributed by atoms with van der Waals surface area (Å²) in [7, 11) is 0. The topological polar surface area (TPSA) is 132 Å². The second-order valence-corrected chi connectivity index (χ2v) is 4.37. The number of nitrogens with two attached hydrogens (primary N) is 2. The maximum atomic E-state index is 11.2. The Bertz CT molecular complexity index is 443. The summed E-state index contributed by atoms with van der Waals surface area (Å²) in [5, 5.41) is 7.48. The molecule has 9 heteroatoms. The van der Waals surface area contributed by atoms with Crippen LogP contribution in [-0.2, 0) is 11.3 Å². The molecule has 0 spiro atoms. The van der Waals surface area contributed by atoms with E-state index in [2.05, 4.69) is 10.3 Å². The van der Waals surface area contributed by atoms with Gasteiger partial charge in [-0.05, 0) is 13.8 Å². The van der Waals surface area contributed by atoms with Crippen molar-refractivity contribution >= 4 is 11.8 Å². The summed E-state index contributed by atoms with van der Waals surface area (Å²) >= 11 is 0. The van der Waals surface area contributed by atoms with Crippen molar-refractivity contribution in [3.8, 4) is 0 Å². The highest BCUT2D eigenvalue weighted by Crippen LogP contribution is 1.99. The lowest BCUT2D eigenvalue weighted by molar-refractivity contribution is -0.119. The van der Waals surface area contributed by atoms with Gasteiger partial charge in [-0.1, -0.05) is 5.21 Å². The fourth-order valence-electron chi connectivity index (χ4n) is 1.54. The monoisotopic (exact) mass is 269 g/mol. The van der Waals surface area contributed by atoms with Gasteiger partial charge < -0.3 is 5.73 Å².